The zero-order chi connectivity index (χ0) is 13.6. The van der Waals surface area contributed by atoms with Gasteiger partial charge in [0.05, 0.1) is 11.6 Å². The van der Waals surface area contributed by atoms with Crippen LogP contribution in [0.1, 0.15) is 12.6 Å². The summed E-state index contributed by atoms with van der Waals surface area (Å²) < 4.78 is 1.81. The molecule has 1 saturated heterocycles. The van der Waals surface area contributed by atoms with Crippen LogP contribution in [-0.4, -0.2) is 38.8 Å². The van der Waals surface area contributed by atoms with Gasteiger partial charge in [0.1, 0.15) is 5.52 Å². The summed E-state index contributed by atoms with van der Waals surface area (Å²) >= 11 is 0. The maximum absolute atomic E-state index is 10.9. The summed E-state index contributed by atoms with van der Waals surface area (Å²) in [5.41, 5.74) is 1.92. The van der Waals surface area contributed by atoms with Crippen LogP contribution >= 0.6 is 0 Å². The highest BCUT2D eigenvalue weighted by Gasteiger charge is 2.36. The first-order valence-corrected chi connectivity index (χ1v) is 6.35. The second-order valence-corrected chi connectivity index (χ2v) is 5.16. The van der Waals surface area contributed by atoms with Crippen molar-refractivity contribution in [2.45, 2.75) is 13.8 Å². The highest BCUT2D eigenvalue weighted by atomic mass is 16.4. The van der Waals surface area contributed by atoms with Crippen molar-refractivity contribution in [3.63, 3.8) is 0 Å². The van der Waals surface area contributed by atoms with Crippen LogP contribution in [0, 0.1) is 18.8 Å². The van der Waals surface area contributed by atoms with Crippen LogP contribution in [0.3, 0.4) is 0 Å². The van der Waals surface area contributed by atoms with E-state index in [1.807, 2.05) is 23.7 Å². The van der Waals surface area contributed by atoms with Crippen LogP contribution in [0.25, 0.3) is 5.52 Å². The van der Waals surface area contributed by atoms with Gasteiger partial charge in [-0.05, 0) is 13.0 Å². The highest BCUT2D eigenvalue weighted by Crippen LogP contribution is 2.30. The molecule has 0 aromatic carbocycles. The molecule has 1 N–H and O–H groups in total. The topological polar surface area (TPSA) is 70.7 Å². The Labute approximate surface area is 110 Å². The van der Waals surface area contributed by atoms with E-state index in [4.69, 9.17) is 5.11 Å². The van der Waals surface area contributed by atoms with Gasteiger partial charge in [0.25, 0.3) is 0 Å². The summed E-state index contributed by atoms with van der Waals surface area (Å²) in [6.07, 6.45) is 3.55. The molecule has 1 unspecified atom stereocenters. The Bertz CT molecular complexity index is 631. The van der Waals surface area contributed by atoms with Gasteiger partial charge in [0, 0.05) is 31.4 Å². The van der Waals surface area contributed by atoms with Gasteiger partial charge in [0.15, 0.2) is 5.82 Å². The third-order valence-electron chi connectivity index (χ3n) is 3.80. The molecule has 0 amide bonds. The molecule has 0 bridgehead atoms. The van der Waals surface area contributed by atoms with Crippen LogP contribution in [0.4, 0.5) is 5.82 Å². The zero-order valence-electron chi connectivity index (χ0n) is 10.9. The van der Waals surface area contributed by atoms with Gasteiger partial charge < -0.3 is 10.0 Å². The number of hydrogen-bond donors (Lipinski definition) is 1. The summed E-state index contributed by atoms with van der Waals surface area (Å²) in [7, 11) is 0. The molecule has 3 heterocycles. The minimum Gasteiger partial charge on any atom is -0.481 e. The molecule has 6 nitrogen and oxygen atoms in total. The number of aromatic nitrogens is 3. The summed E-state index contributed by atoms with van der Waals surface area (Å²) in [5.74, 6) is 0.0548. The van der Waals surface area contributed by atoms with E-state index in [0.717, 1.165) is 30.1 Å². The molecule has 2 aromatic rings. The van der Waals surface area contributed by atoms with Gasteiger partial charge in [-0.1, -0.05) is 6.92 Å². The third kappa shape index (κ3) is 1.93. The Balaban J connectivity index is 1.82. The van der Waals surface area contributed by atoms with E-state index in [0.29, 0.717) is 0 Å². The van der Waals surface area contributed by atoms with Crippen molar-refractivity contribution >= 4 is 17.3 Å². The lowest BCUT2D eigenvalue weighted by atomic mass is 9.87. The standard InChI is InChI=1S/C13H16N4O2/c1-8-5-11-12(14-3-4-17(11)15-8)16-6-10(7-16)9(2)13(18)19/h3-5,9-10H,6-7H2,1-2H3,(H,18,19). The van der Waals surface area contributed by atoms with Gasteiger partial charge in [-0.25, -0.2) is 9.50 Å². The summed E-state index contributed by atoms with van der Waals surface area (Å²) in [6, 6.07) is 2.00. The van der Waals surface area contributed by atoms with Crippen molar-refractivity contribution in [1.82, 2.24) is 14.6 Å². The van der Waals surface area contributed by atoms with E-state index < -0.39 is 5.97 Å². The first-order chi connectivity index (χ1) is 9.06. The van der Waals surface area contributed by atoms with Gasteiger partial charge in [-0.15, -0.1) is 0 Å². The number of aryl methyl sites for hydroxylation is 1. The second-order valence-electron chi connectivity index (χ2n) is 5.16. The summed E-state index contributed by atoms with van der Waals surface area (Å²) in [6.45, 7) is 5.19. The van der Waals surface area contributed by atoms with Crippen LogP contribution in [0.2, 0.25) is 0 Å². The molecule has 3 rings (SSSR count). The minimum atomic E-state index is -0.726. The number of fused-ring (bicyclic) bond motifs is 1. The zero-order valence-corrected chi connectivity index (χ0v) is 10.9. The van der Waals surface area contributed by atoms with Gasteiger partial charge in [-0.3, -0.25) is 4.79 Å². The molecule has 2 aromatic heterocycles. The van der Waals surface area contributed by atoms with Crippen LogP contribution in [0.5, 0.6) is 0 Å². The molecule has 0 spiro atoms. The van der Waals surface area contributed by atoms with E-state index in [2.05, 4.69) is 15.0 Å². The maximum Gasteiger partial charge on any atom is 0.306 e. The minimum absolute atomic E-state index is 0.198. The van der Waals surface area contributed by atoms with Crippen molar-refractivity contribution in [3.05, 3.63) is 24.2 Å². The molecule has 1 fully saturated rings. The Kier molecular flexibility index (Phi) is 2.66. The van der Waals surface area contributed by atoms with E-state index >= 15 is 0 Å². The smallest absolute Gasteiger partial charge is 0.306 e. The van der Waals surface area contributed by atoms with E-state index in [-0.39, 0.29) is 11.8 Å². The average molecular weight is 260 g/mol. The molecule has 6 heteroatoms. The van der Waals surface area contributed by atoms with Crippen molar-refractivity contribution in [2.24, 2.45) is 11.8 Å². The number of hydrogen-bond acceptors (Lipinski definition) is 4. The van der Waals surface area contributed by atoms with Gasteiger partial charge >= 0.3 is 5.97 Å². The normalized spacial score (nSPS) is 17.5. The van der Waals surface area contributed by atoms with Crippen molar-refractivity contribution in [1.29, 1.82) is 0 Å². The number of carboxylic acids is 1. The fraction of sp³-hybridized carbons (Fsp3) is 0.462. The van der Waals surface area contributed by atoms with E-state index in [9.17, 15) is 4.79 Å². The number of carboxylic acid groups (broad SMARTS) is 1. The molecular formula is C13H16N4O2. The monoisotopic (exact) mass is 260 g/mol. The quantitative estimate of drug-likeness (QED) is 0.897. The fourth-order valence-corrected chi connectivity index (χ4v) is 2.48. The first-order valence-electron chi connectivity index (χ1n) is 6.35. The van der Waals surface area contributed by atoms with Crippen molar-refractivity contribution < 1.29 is 9.90 Å². The van der Waals surface area contributed by atoms with Gasteiger partial charge in [0.2, 0.25) is 0 Å². The molecule has 1 aliphatic heterocycles. The number of nitrogens with zero attached hydrogens (tertiary/aromatic N) is 4. The van der Waals surface area contributed by atoms with E-state index in [1.54, 1.807) is 13.1 Å². The number of aliphatic carboxylic acids is 1. The molecular weight excluding hydrogens is 244 g/mol. The number of anilines is 1. The van der Waals surface area contributed by atoms with Crippen molar-refractivity contribution in [3.8, 4) is 0 Å². The van der Waals surface area contributed by atoms with Crippen LogP contribution in [0.15, 0.2) is 18.5 Å². The van der Waals surface area contributed by atoms with Crippen molar-refractivity contribution in [2.75, 3.05) is 18.0 Å². The third-order valence-corrected chi connectivity index (χ3v) is 3.80. The summed E-state index contributed by atoms with van der Waals surface area (Å²) in [4.78, 5) is 17.5. The number of carbonyl (C=O) groups is 1. The molecule has 1 aliphatic rings. The predicted octanol–water partition coefficient (Wildman–Crippen LogP) is 1.19. The molecule has 0 saturated carbocycles. The summed E-state index contributed by atoms with van der Waals surface area (Å²) in [5, 5.41) is 13.4. The van der Waals surface area contributed by atoms with Crippen LogP contribution in [-0.2, 0) is 4.79 Å². The largest absolute Gasteiger partial charge is 0.481 e. The average Bonchev–Trinajstić information content (AvgIpc) is 2.67. The molecule has 1 atom stereocenters. The lowest BCUT2D eigenvalue weighted by molar-refractivity contribution is -0.143. The maximum atomic E-state index is 10.9. The SMILES string of the molecule is Cc1cc2c(N3CC(C(C)C(=O)O)C3)nccn2n1. The Morgan fingerprint density at radius 1 is 1.53 bits per heavy atom. The Hall–Kier alpha value is -2.11. The lowest BCUT2D eigenvalue weighted by Crippen LogP contribution is -2.51. The Morgan fingerprint density at radius 3 is 2.95 bits per heavy atom. The molecule has 100 valence electrons. The molecule has 0 radical (unpaired) electrons. The molecule has 19 heavy (non-hydrogen) atoms. The van der Waals surface area contributed by atoms with Crippen LogP contribution < -0.4 is 4.90 Å². The lowest BCUT2D eigenvalue weighted by Gasteiger charge is -2.42. The second kappa shape index (κ2) is 4.22. The highest BCUT2D eigenvalue weighted by molar-refractivity contribution is 5.73. The molecule has 0 aliphatic carbocycles. The predicted molar refractivity (Wildman–Crippen MR) is 70.2 cm³/mol. The van der Waals surface area contributed by atoms with E-state index in [1.165, 1.54) is 0 Å². The number of rotatable bonds is 3. The fourth-order valence-electron chi connectivity index (χ4n) is 2.48. The van der Waals surface area contributed by atoms with Gasteiger partial charge in [-0.2, -0.15) is 5.10 Å². The first kappa shape index (κ1) is 12.0. The Morgan fingerprint density at radius 2 is 2.26 bits per heavy atom.